The van der Waals surface area contributed by atoms with Gasteiger partial charge in [-0.3, -0.25) is 0 Å². The largest absolute Gasteiger partial charge is 0.387 e. The van der Waals surface area contributed by atoms with Crippen LogP contribution in [0.2, 0.25) is 8.67 Å². The van der Waals surface area contributed by atoms with Crippen LogP contribution in [0.5, 0.6) is 0 Å². The molecule has 0 bridgehead atoms. The van der Waals surface area contributed by atoms with E-state index in [1.54, 1.807) is 6.07 Å². The molecule has 0 amide bonds. The highest BCUT2D eigenvalue weighted by molar-refractivity contribution is 7.92. The molecule has 2 heterocycles. The van der Waals surface area contributed by atoms with E-state index in [1.807, 2.05) is 0 Å². The van der Waals surface area contributed by atoms with Crippen molar-refractivity contribution in [1.82, 2.24) is 0 Å². The SMILES string of the molecule is O=S1(=O)CCCCC1C(O)c1cc(Cl)sc1Cl. The van der Waals surface area contributed by atoms with E-state index in [0.29, 0.717) is 27.1 Å². The summed E-state index contributed by atoms with van der Waals surface area (Å²) in [6.07, 6.45) is 0.893. The van der Waals surface area contributed by atoms with Gasteiger partial charge in [-0.15, -0.1) is 11.3 Å². The monoisotopic (exact) mass is 314 g/mol. The summed E-state index contributed by atoms with van der Waals surface area (Å²) in [5, 5.41) is 9.41. The number of aliphatic hydroxyl groups is 1. The molecule has 17 heavy (non-hydrogen) atoms. The predicted molar refractivity (Wildman–Crippen MR) is 70.7 cm³/mol. The number of thiophene rings is 1. The smallest absolute Gasteiger partial charge is 0.156 e. The van der Waals surface area contributed by atoms with Crippen molar-refractivity contribution in [3.8, 4) is 0 Å². The van der Waals surface area contributed by atoms with Gasteiger partial charge < -0.3 is 5.11 Å². The third-order valence-electron chi connectivity index (χ3n) is 2.98. The van der Waals surface area contributed by atoms with E-state index in [0.717, 1.165) is 17.8 Å². The van der Waals surface area contributed by atoms with Crippen LogP contribution in [0.1, 0.15) is 30.9 Å². The summed E-state index contributed by atoms with van der Waals surface area (Å²) in [6.45, 7) is 0. The molecule has 2 rings (SSSR count). The highest BCUT2D eigenvalue weighted by Gasteiger charge is 2.36. The maximum atomic E-state index is 11.9. The molecule has 1 aliphatic rings. The summed E-state index contributed by atoms with van der Waals surface area (Å²) in [5.74, 6) is 0.143. The lowest BCUT2D eigenvalue weighted by Gasteiger charge is -2.26. The van der Waals surface area contributed by atoms with Crippen molar-refractivity contribution in [3.63, 3.8) is 0 Å². The maximum Gasteiger partial charge on any atom is 0.156 e. The van der Waals surface area contributed by atoms with Crippen molar-refractivity contribution in [2.75, 3.05) is 5.75 Å². The third kappa shape index (κ3) is 2.79. The first-order valence-electron chi connectivity index (χ1n) is 5.26. The molecule has 1 aliphatic heterocycles. The first-order chi connectivity index (χ1) is 7.92. The van der Waals surface area contributed by atoms with Gasteiger partial charge in [-0.25, -0.2) is 8.42 Å². The summed E-state index contributed by atoms with van der Waals surface area (Å²) in [7, 11) is -3.23. The Hall–Kier alpha value is 0.190. The molecule has 1 saturated heterocycles. The summed E-state index contributed by atoms with van der Waals surface area (Å²) >= 11 is 12.9. The van der Waals surface area contributed by atoms with Crippen molar-refractivity contribution in [1.29, 1.82) is 0 Å². The second-order valence-electron chi connectivity index (χ2n) is 4.13. The summed E-state index contributed by atoms with van der Waals surface area (Å²) < 4.78 is 24.6. The van der Waals surface area contributed by atoms with Gasteiger partial charge in [0.1, 0.15) is 4.34 Å². The second kappa shape index (κ2) is 5.05. The minimum absolute atomic E-state index is 0.143. The Morgan fingerprint density at radius 3 is 2.65 bits per heavy atom. The quantitative estimate of drug-likeness (QED) is 0.912. The van der Waals surface area contributed by atoms with E-state index >= 15 is 0 Å². The molecule has 2 unspecified atom stereocenters. The Kier molecular flexibility index (Phi) is 4.05. The first-order valence-corrected chi connectivity index (χ1v) is 8.55. The van der Waals surface area contributed by atoms with Gasteiger partial charge in [0, 0.05) is 5.56 Å². The number of sulfone groups is 1. The fourth-order valence-corrected chi connectivity index (χ4v) is 5.60. The lowest BCUT2D eigenvalue weighted by atomic mass is 10.0. The predicted octanol–water partition coefficient (Wildman–Crippen LogP) is 3.06. The summed E-state index contributed by atoms with van der Waals surface area (Å²) in [4.78, 5) is 0. The molecule has 3 nitrogen and oxygen atoms in total. The standard InChI is InChI=1S/C10H12Cl2O3S2/c11-8-5-6(10(12)16-8)9(13)7-3-1-2-4-17(7,14)15/h5,7,9,13H,1-4H2. The fourth-order valence-electron chi connectivity index (χ4n) is 2.09. The lowest BCUT2D eigenvalue weighted by Crippen LogP contribution is -2.33. The molecule has 2 atom stereocenters. The van der Waals surface area contributed by atoms with Crippen LogP contribution in [0.25, 0.3) is 0 Å². The van der Waals surface area contributed by atoms with Crippen LogP contribution in [0.4, 0.5) is 0 Å². The molecule has 96 valence electrons. The molecule has 1 aromatic rings. The molecule has 0 radical (unpaired) electrons. The molecule has 0 saturated carbocycles. The lowest BCUT2D eigenvalue weighted by molar-refractivity contribution is 0.165. The Balaban J connectivity index is 2.31. The van der Waals surface area contributed by atoms with Gasteiger partial charge in [-0.1, -0.05) is 29.6 Å². The van der Waals surface area contributed by atoms with Crippen LogP contribution in [-0.4, -0.2) is 24.5 Å². The molecule has 0 spiro atoms. The molecule has 0 aromatic carbocycles. The number of hydrogen-bond donors (Lipinski definition) is 1. The third-order valence-corrected chi connectivity index (χ3v) is 6.77. The van der Waals surface area contributed by atoms with Gasteiger partial charge in [-0.2, -0.15) is 0 Å². The number of aliphatic hydroxyl groups excluding tert-OH is 1. The van der Waals surface area contributed by atoms with Crippen LogP contribution >= 0.6 is 34.5 Å². The minimum atomic E-state index is -3.23. The topological polar surface area (TPSA) is 54.4 Å². The molecule has 1 aromatic heterocycles. The minimum Gasteiger partial charge on any atom is -0.387 e. The van der Waals surface area contributed by atoms with Crippen LogP contribution < -0.4 is 0 Å². The average molecular weight is 315 g/mol. The zero-order chi connectivity index (χ0) is 12.6. The molecule has 1 N–H and O–H groups in total. The fraction of sp³-hybridized carbons (Fsp3) is 0.600. The average Bonchev–Trinajstić information content (AvgIpc) is 2.56. The zero-order valence-electron chi connectivity index (χ0n) is 8.90. The van der Waals surface area contributed by atoms with E-state index in [9.17, 15) is 13.5 Å². The van der Waals surface area contributed by atoms with Crippen LogP contribution in [0.3, 0.4) is 0 Å². The molecule has 1 fully saturated rings. The van der Waals surface area contributed by atoms with Crippen molar-refractivity contribution < 1.29 is 13.5 Å². The van der Waals surface area contributed by atoms with Crippen molar-refractivity contribution in [2.24, 2.45) is 0 Å². The van der Waals surface area contributed by atoms with Crippen LogP contribution in [-0.2, 0) is 9.84 Å². The number of hydrogen-bond acceptors (Lipinski definition) is 4. The Morgan fingerprint density at radius 1 is 1.41 bits per heavy atom. The van der Waals surface area contributed by atoms with Crippen molar-refractivity contribution in [2.45, 2.75) is 30.6 Å². The van der Waals surface area contributed by atoms with Gasteiger partial charge in [0.05, 0.1) is 21.4 Å². The van der Waals surface area contributed by atoms with Gasteiger partial charge in [0.2, 0.25) is 0 Å². The molecular formula is C10H12Cl2O3S2. The Bertz CT molecular complexity index is 510. The molecule has 0 aliphatic carbocycles. The molecule has 7 heteroatoms. The van der Waals surface area contributed by atoms with Gasteiger partial charge in [0.25, 0.3) is 0 Å². The summed E-state index contributed by atoms with van der Waals surface area (Å²) in [5.41, 5.74) is 0.428. The number of rotatable bonds is 2. The van der Waals surface area contributed by atoms with Gasteiger partial charge >= 0.3 is 0 Å². The van der Waals surface area contributed by atoms with Crippen molar-refractivity contribution in [3.05, 3.63) is 20.3 Å². The normalized spacial score (nSPS) is 25.7. The number of halogens is 2. The first kappa shape index (κ1) is 13.6. The molecular weight excluding hydrogens is 303 g/mol. The van der Waals surface area contributed by atoms with Crippen LogP contribution in [0.15, 0.2) is 6.07 Å². The highest BCUT2D eigenvalue weighted by Crippen LogP contribution is 2.39. The van der Waals surface area contributed by atoms with E-state index < -0.39 is 21.2 Å². The Labute approximate surface area is 114 Å². The van der Waals surface area contributed by atoms with Crippen LogP contribution in [0, 0.1) is 0 Å². The van der Waals surface area contributed by atoms with E-state index in [-0.39, 0.29) is 5.75 Å². The van der Waals surface area contributed by atoms with Gasteiger partial charge in [0.15, 0.2) is 9.84 Å². The zero-order valence-corrected chi connectivity index (χ0v) is 12.0. The maximum absolute atomic E-state index is 11.9. The van der Waals surface area contributed by atoms with E-state index in [4.69, 9.17) is 23.2 Å². The van der Waals surface area contributed by atoms with Gasteiger partial charge in [-0.05, 0) is 18.9 Å². The van der Waals surface area contributed by atoms with E-state index in [1.165, 1.54) is 0 Å². The highest BCUT2D eigenvalue weighted by atomic mass is 35.5. The van der Waals surface area contributed by atoms with Crippen molar-refractivity contribution >= 4 is 44.4 Å². The Morgan fingerprint density at radius 2 is 2.12 bits per heavy atom. The van der Waals surface area contributed by atoms with E-state index in [2.05, 4.69) is 0 Å². The second-order valence-corrected chi connectivity index (χ2v) is 8.75. The summed E-state index contributed by atoms with van der Waals surface area (Å²) in [6, 6.07) is 1.54.